The molecule has 0 bridgehead atoms. The molecule has 0 atom stereocenters. The van der Waals surface area contributed by atoms with E-state index in [1.807, 2.05) is 6.07 Å². The van der Waals surface area contributed by atoms with Gasteiger partial charge in [0.15, 0.2) is 0 Å². The van der Waals surface area contributed by atoms with Crippen LogP contribution in [0.3, 0.4) is 0 Å². The molecule has 1 rings (SSSR count). The van der Waals surface area contributed by atoms with E-state index in [0.717, 1.165) is 5.82 Å². The van der Waals surface area contributed by atoms with Gasteiger partial charge in [0.05, 0.1) is 12.5 Å². The monoisotopic (exact) mass is 143 g/mol. The van der Waals surface area contributed by atoms with Crippen LogP contribution in [-0.4, -0.2) is 9.97 Å². The number of halogens is 1. The maximum atomic E-state index is 8.13. The lowest BCUT2D eigenvalue weighted by Gasteiger charge is -1.77. The summed E-state index contributed by atoms with van der Waals surface area (Å²) < 4.78 is 0. The first-order chi connectivity index (χ1) is 3.93. The van der Waals surface area contributed by atoms with Crippen molar-refractivity contribution < 1.29 is 0 Å². The van der Waals surface area contributed by atoms with Crippen molar-refractivity contribution in [2.75, 3.05) is 0 Å². The molecule has 0 unspecified atom stereocenters. The minimum absolute atomic E-state index is 0. The van der Waals surface area contributed by atoms with E-state index in [-0.39, 0.29) is 12.4 Å². The van der Waals surface area contributed by atoms with Crippen molar-refractivity contribution in [2.45, 2.75) is 6.42 Å². The summed E-state index contributed by atoms with van der Waals surface area (Å²) in [7, 11) is 0. The lowest BCUT2D eigenvalue weighted by atomic mass is 10.5. The van der Waals surface area contributed by atoms with E-state index in [1.165, 1.54) is 0 Å². The van der Waals surface area contributed by atoms with Gasteiger partial charge >= 0.3 is 0 Å². The van der Waals surface area contributed by atoms with Gasteiger partial charge in [-0.25, -0.2) is 4.98 Å². The Labute approximate surface area is 59.1 Å². The molecule has 0 aliphatic rings. The topological polar surface area (TPSA) is 52.5 Å². The molecule has 0 saturated carbocycles. The summed E-state index contributed by atoms with van der Waals surface area (Å²) >= 11 is 0. The zero-order chi connectivity index (χ0) is 5.82. The number of H-pyrrole nitrogens is 1. The molecule has 0 aromatic carbocycles. The van der Waals surface area contributed by atoms with Gasteiger partial charge in [0.2, 0.25) is 0 Å². The number of hydrogen-bond acceptors (Lipinski definition) is 2. The van der Waals surface area contributed by atoms with Gasteiger partial charge in [0.1, 0.15) is 5.82 Å². The first-order valence-electron chi connectivity index (χ1n) is 2.28. The summed E-state index contributed by atoms with van der Waals surface area (Å²) in [6.45, 7) is 0. The van der Waals surface area contributed by atoms with Crippen LogP contribution in [0.1, 0.15) is 5.82 Å². The second-order valence-corrected chi connectivity index (χ2v) is 1.37. The molecule has 1 N–H and O–H groups in total. The number of nitrogens with one attached hydrogen (secondary N) is 1. The molecule has 9 heavy (non-hydrogen) atoms. The first-order valence-corrected chi connectivity index (χ1v) is 2.28. The predicted octanol–water partition coefficient (Wildman–Crippen LogP) is 0.898. The Morgan fingerprint density at radius 2 is 2.56 bits per heavy atom. The number of rotatable bonds is 1. The van der Waals surface area contributed by atoms with Gasteiger partial charge in [0, 0.05) is 12.4 Å². The van der Waals surface area contributed by atoms with E-state index >= 15 is 0 Å². The van der Waals surface area contributed by atoms with Crippen molar-refractivity contribution in [3.05, 3.63) is 18.2 Å². The highest BCUT2D eigenvalue weighted by atomic mass is 35.5. The smallest absolute Gasteiger partial charge is 0.120 e. The Hall–Kier alpha value is -1.01. The van der Waals surface area contributed by atoms with Crippen molar-refractivity contribution in [3.8, 4) is 6.07 Å². The van der Waals surface area contributed by atoms with Crippen molar-refractivity contribution in [1.82, 2.24) is 9.97 Å². The SMILES string of the molecule is Cl.N#CCc1ncc[nH]1. The molecule has 0 radical (unpaired) electrons. The Bertz CT molecular complexity index is 186. The Balaban J connectivity index is 0.000000640. The van der Waals surface area contributed by atoms with Crippen LogP contribution in [0, 0.1) is 11.3 Å². The molecule has 0 aliphatic heterocycles. The van der Waals surface area contributed by atoms with Crippen LogP contribution in [0.15, 0.2) is 12.4 Å². The van der Waals surface area contributed by atoms with Gasteiger partial charge in [-0.3, -0.25) is 0 Å². The number of imidazole rings is 1. The van der Waals surface area contributed by atoms with Crippen LogP contribution in [0.5, 0.6) is 0 Å². The number of nitriles is 1. The molecular weight excluding hydrogens is 138 g/mol. The van der Waals surface area contributed by atoms with E-state index in [4.69, 9.17) is 5.26 Å². The summed E-state index contributed by atoms with van der Waals surface area (Å²) in [5.41, 5.74) is 0. The summed E-state index contributed by atoms with van der Waals surface area (Å²) in [5.74, 6) is 0.729. The van der Waals surface area contributed by atoms with Crippen molar-refractivity contribution in [1.29, 1.82) is 5.26 Å². The van der Waals surface area contributed by atoms with E-state index in [1.54, 1.807) is 12.4 Å². The van der Waals surface area contributed by atoms with E-state index < -0.39 is 0 Å². The second kappa shape index (κ2) is 3.93. The minimum atomic E-state index is 0. The number of aromatic amines is 1. The maximum absolute atomic E-state index is 8.13. The molecular formula is C5H6ClN3. The van der Waals surface area contributed by atoms with Crippen LogP contribution in [0.25, 0.3) is 0 Å². The van der Waals surface area contributed by atoms with E-state index in [9.17, 15) is 0 Å². The third kappa shape index (κ3) is 2.15. The molecule has 48 valence electrons. The fraction of sp³-hybridized carbons (Fsp3) is 0.200. The number of nitrogens with zero attached hydrogens (tertiary/aromatic N) is 2. The maximum Gasteiger partial charge on any atom is 0.120 e. The van der Waals surface area contributed by atoms with Gasteiger partial charge < -0.3 is 4.98 Å². The van der Waals surface area contributed by atoms with Crippen molar-refractivity contribution in [3.63, 3.8) is 0 Å². The molecule has 1 aromatic heterocycles. The van der Waals surface area contributed by atoms with Gasteiger partial charge in [-0.1, -0.05) is 0 Å². The molecule has 1 heterocycles. The highest BCUT2D eigenvalue weighted by Crippen LogP contribution is 1.85. The fourth-order valence-corrected chi connectivity index (χ4v) is 0.470. The first kappa shape index (κ1) is 7.99. The Morgan fingerprint density at radius 3 is 3.00 bits per heavy atom. The Kier molecular flexibility index (Phi) is 3.49. The van der Waals surface area contributed by atoms with Gasteiger partial charge in [0.25, 0.3) is 0 Å². The van der Waals surface area contributed by atoms with Crippen molar-refractivity contribution in [2.24, 2.45) is 0 Å². The van der Waals surface area contributed by atoms with Gasteiger partial charge in [-0.15, -0.1) is 12.4 Å². The second-order valence-electron chi connectivity index (χ2n) is 1.37. The third-order valence-corrected chi connectivity index (χ3v) is 0.801. The zero-order valence-electron chi connectivity index (χ0n) is 4.66. The minimum Gasteiger partial charge on any atom is -0.348 e. The van der Waals surface area contributed by atoms with E-state index in [0.29, 0.717) is 6.42 Å². The number of hydrogen-bond donors (Lipinski definition) is 1. The molecule has 0 aliphatic carbocycles. The third-order valence-electron chi connectivity index (χ3n) is 0.801. The van der Waals surface area contributed by atoms with Crippen molar-refractivity contribution >= 4 is 12.4 Å². The quantitative estimate of drug-likeness (QED) is 0.635. The van der Waals surface area contributed by atoms with Crippen LogP contribution in [-0.2, 0) is 6.42 Å². The van der Waals surface area contributed by atoms with Crippen LogP contribution in [0.2, 0.25) is 0 Å². The standard InChI is InChI=1S/C5H5N3.ClH/c6-2-1-5-7-3-4-8-5;/h3-4H,1H2,(H,7,8);1H. The summed E-state index contributed by atoms with van der Waals surface area (Å²) in [4.78, 5) is 6.63. The average Bonchev–Trinajstić information content (AvgIpc) is 2.19. The fourth-order valence-electron chi connectivity index (χ4n) is 0.470. The largest absolute Gasteiger partial charge is 0.348 e. The Morgan fingerprint density at radius 1 is 1.78 bits per heavy atom. The summed E-state index contributed by atoms with van der Waals surface area (Å²) in [5, 5.41) is 8.13. The molecule has 3 nitrogen and oxygen atoms in total. The highest BCUT2D eigenvalue weighted by Gasteiger charge is 1.87. The summed E-state index contributed by atoms with van der Waals surface area (Å²) in [6, 6.07) is 1.98. The van der Waals surface area contributed by atoms with Crippen LogP contribution < -0.4 is 0 Å². The molecule has 1 aromatic rings. The lowest BCUT2D eigenvalue weighted by molar-refractivity contribution is 1.06. The zero-order valence-corrected chi connectivity index (χ0v) is 5.48. The average molecular weight is 144 g/mol. The molecule has 0 saturated heterocycles. The molecule has 0 amide bonds. The predicted molar refractivity (Wildman–Crippen MR) is 35.2 cm³/mol. The summed E-state index contributed by atoms with van der Waals surface area (Å²) in [6.07, 6.45) is 3.70. The van der Waals surface area contributed by atoms with Crippen LogP contribution >= 0.6 is 12.4 Å². The van der Waals surface area contributed by atoms with E-state index in [2.05, 4.69) is 9.97 Å². The van der Waals surface area contributed by atoms with Gasteiger partial charge in [-0.05, 0) is 0 Å². The molecule has 0 fully saturated rings. The molecule has 4 heteroatoms. The normalized spacial score (nSPS) is 7.44. The highest BCUT2D eigenvalue weighted by molar-refractivity contribution is 5.85. The van der Waals surface area contributed by atoms with Crippen LogP contribution in [0.4, 0.5) is 0 Å². The molecule has 0 spiro atoms. The number of aromatic nitrogens is 2. The lowest BCUT2D eigenvalue weighted by Crippen LogP contribution is -1.81. The van der Waals surface area contributed by atoms with Gasteiger partial charge in [-0.2, -0.15) is 5.26 Å².